The molecule has 0 radical (unpaired) electrons. The second-order valence-corrected chi connectivity index (χ2v) is 7.80. The van der Waals surface area contributed by atoms with E-state index in [1.165, 1.54) is 29.7 Å². The highest BCUT2D eigenvalue weighted by Gasteiger charge is 2.28. The molecule has 2 aromatic rings. The lowest BCUT2D eigenvalue weighted by Crippen LogP contribution is -2.35. The molecule has 3 heterocycles. The summed E-state index contributed by atoms with van der Waals surface area (Å²) in [4.78, 5) is 14.5. The van der Waals surface area contributed by atoms with Crippen molar-refractivity contribution in [1.29, 1.82) is 0 Å². The molecule has 5 nitrogen and oxygen atoms in total. The minimum absolute atomic E-state index is 0.244. The first-order valence-corrected chi connectivity index (χ1v) is 9.66. The first-order valence-electron chi connectivity index (χ1n) is 9.66. The van der Waals surface area contributed by atoms with Crippen LogP contribution in [-0.4, -0.2) is 45.0 Å². The minimum atomic E-state index is 0.244. The number of phenols is 1. The summed E-state index contributed by atoms with van der Waals surface area (Å²) >= 11 is 0. The van der Waals surface area contributed by atoms with E-state index in [2.05, 4.69) is 29.8 Å². The highest BCUT2D eigenvalue weighted by Crippen LogP contribution is 2.32. The van der Waals surface area contributed by atoms with E-state index in [0.29, 0.717) is 5.75 Å². The predicted molar refractivity (Wildman–Crippen MR) is 102 cm³/mol. The van der Waals surface area contributed by atoms with Gasteiger partial charge in [-0.05, 0) is 39.4 Å². The van der Waals surface area contributed by atoms with Crippen LogP contribution in [0.2, 0.25) is 0 Å². The van der Waals surface area contributed by atoms with Crippen LogP contribution in [0.1, 0.15) is 53.5 Å². The Morgan fingerprint density at radius 3 is 3.00 bits per heavy atom. The van der Waals surface area contributed by atoms with Gasteiger partial charge in [0.15, 0.2) is 0 Å². The molecule has 5 heteroatoms. The molecule has 138 valence electrons. The monoisotopic (exact) mass is 352 g/mol. The number of aryl methyl sites for hydroxylation is 1. The summed E-state index contributed by atoms with van der Waals surface area (Å²) in [5.41, 5.74) is 4.66. The van der Waals surface area contributed by atoms with Crippen LogP contribution in [-0.2, 0) is 19.5 Å². The van der Waals surface area contributed by atoms with Crippen molar-refractivity contribution >= 4 is 0 Å². The number of rotatable bonds is 3. The number of likely N-dealkylation sites (tertiary alicyclic amines) is 1. The highest BCUT2D eigenvalue weighted by molar-refractivity contribution is 5.35. The number of piperidine rings is 1. The topological polar surface area (TPSA) is 52.5 Å². The zero-order valence-corrected chi connectivity index (χ0v) is 15.8. The summed E-state index contributed by atoms with van der Waals surface area (Å²) in [5, 5.41) is 10.2. The zero-order chi connectivity index (χ0) is 18.1. The van der Waals surface area contributed by atoms with Crippen LogP contribution in [0.25, 0.3) is 0 Å². The van der Waals surface area contributed by atoms with Crippen molar-refractivity contribution in [3.8, 4) is 5.75 Å². The van der Waals surface area contributed by atoms with Crippen LogP contribution >= 0.6 is 0 Å². The molecule has 0 amide bonds. The Balaban J connectivity index is 1.59. The van der Waals surface area contributed by atoms with Crippen LogP contribution in [0.5, 0.6) is 5.75 Å². The Labute approximate surface area is 155 Å². The standard InChI is InChI=1S/C21H28N4O/c1-15-6-7-20(26)16(11-15)14-25-9-4-3-5-19(25)21-22-12-17-13-24(2)10-8-18(17)23-21/h6-7,11-12,19,26H,3-5,8-10,13-14H2,1-2H3. The number of aromatic nitrogens is 2. The second kappa shape index (κ2) is 7.33. The molecule has 1 saturated heterocycles. The van der Waals surface area contributed by atoms with Crippen LogP contribution < -0.4 is 0 Å². The summed E-state index contributed by atoms with van der Waals surface area (Å²) in [5.74, 6) is 1.34. The lowest BCUT2D eigenvalue weighted by molar-refractivity contribution is 0.132. The van der Waals surface area contributed by atoms with E-state index >= 15 is 0 Å². The Bertz CT molecular complexity index is 792. The first kappa shape index (κ1) is 17.4. The van der Waals surface area contributed by atoms with Crippen molar-refractivity contribution in [3.63, 3.8) is 0 Å². The number of likely N-dealkylation sites (N-methyl/N-ethyl adjacent to an activating group) is 1. The van der Waals surface area contributed by atoms with Crippen LogP contribution in [0, 0.1) is 6.92 Å². The quantitative estimate of drug-likeness (QED) is 0.919. The number of phenolic OH excluding ortho intramolecular Hbond substituents is 1. The van der Waals surface area contributed by atoms with Crippen molar-refractivity contribution in [1.82, 2.24) is 19.8 Å². The van der Waals surface area contributed by atoms with E-state index < -0.39 is 0 Å². The molecule has 1 aromatic heterocycles. The van der Waals surface area contributed by atoms with Crippen LogP contribution in [0.15, 0.2) is 24.4 Å². The van der Waals surface area contributed by atoms with Crippen molar-refractivity contribution in [2.24, 2.45) is 0 Å². The highest BCUT2D eigenvalue weighted by atomic mass is 16.3. The van der Waals surface area contributed by atoms with Crippen molar-refractivity contribution in [3.05, 3.63) is 52.6 Å². The Kier molecular flexibility index (Phi) is 4.92. The van der Waals surface area contributed by atoms with Gasteiger partial charge in [0.1, 0.15) is 11.6 Å². The maximum atomic E-state index is 10.2. The van der Waals surface area contributed by atoms with E-state index in [0.717, 1.165) is 50.4 Å². The average Bonchev–Trinajstić information content (AvgIpc) is 2.65. The average molecular weight is 352 g/mol. The number of benzene rings is 1. The summed E-state index contributed by atoms with van der Waals surface area (Å²) < 4.78 is 0. The van der Waals surface area contributed by atoms with Gasteiger partial charge in [0.25, 0.3) is 0 Å². The largest absolute Gasteiger partial charge is 0.508 e. The molecule has 1 aromatic carbocycles. The van der Waals surface area contributed by atoms with Crippen molar-refractivity contribution in [2.75, 3.05) is 20.1 Å². The van der Waals surface area contributed by atoms with Gasteiger partial charge in [0.2, 0.25) is 0 Å². The van der Waals surface area contributed by atoms with Gasteiger partial charge in [-0.3, -0.25) is 4.90 Å². The van der Waals surface area contributed by atoms with Gasteiger partial charge in [-0.1, -0.05) is 24.1 Å². The van der Waals surface area contributed by atoms with Gasteiger partial charge >= 0.3 is 0 Å². The van der Waals surface area contributed by atoms with Gasteiger partial charge in [-0.15, -0.1) is 0 Å². The van der Waals surface area contributed by atoms with Crippen LogP contribution in [0.3, 0.4) is 0 Å². The third-order valence-corrected chi connectivity index (χ3v) is 5.66. The fourth-order valence-corrected chi connectivity index (χ4v) is 4.17. The second-order valence-electron chi connectivity index (χ2n) is 7.80. The van der Waals surface area contributed by atoms with Crippen LogP contribution in [0.4, 0.5) is 0 Å². The molecular weight excluding hydrogens is 324 g/mol. The van der Waals surface area contributed by atoms with Gasteiger partial charge in [-0.2, -0.15) is 0 Å². The molecule has 2 aliphatic rings. The summed E-state index contributed by atoms with van der Waals surface area (Å²) in [7, 11) is 2.15. The molecule has 0 spiro atoms. The SMILES string of the molecule is Cc1ccc(O)c(CN2CCCCC2c2ncc3c(n2)CCN(C)C3)c1. The molecule has 4 rings (SSSR count). The number of hydrogen-bond donors (Lipinski definition) is 1. The smallest absolute Gasteiger partial charge is 0.145 e. The maximum absolute atomic E-state index is 10.2. The summed E-state index contributed by atoms with van der Waals surface area (Å²) in [6, 6.07) is 6.09. The maximum Gasteiger partial charge on any atom is 0.145 e. The molecule has 0 aliphatic carbocycles. The first-order chi connectivity index (χ1) is 12.6. The third kappa shape index (κ3) is 3.60. The van der Waals surface area contributed by atoms with E-state index in [9.17, 15) is 5.11 Å². The Hall–Kier alpha value is -1.98. The van der Waals surface area contributed by atoms with Gasteiger partial charge in [-0.25, -0.2) is 9.97 Å². The molecule has 0 saturated carbocycles. The normalized spacial score (nSPS) is 21.5. The van der Waals surface area contributed by atoms with Gasteiger partial charge in [0.05, 0.1) is 6.04 Å². The fraction of sp³-hybridized carbons (Fsp3) is 0.524. The molecule has 1 fully saturated rings. The molecule has 1 atom stereocenters. The number of nitrogens with zero attached hydrogens (tertiary/aromatic N) is 4. The fourth-order valence-electron chi connectivity index (χ4n) is 4.17. The number of aromatic hydroxyl groups is 1. The molecular formula is C21H28N4O. The summed E-state index contributed by atoms with van der Waals surface area (Å²) in [6.45, 7) is 5.86. The predicted octanol–water partition coefficient (Wildman–Crippen LogP) is 3.21. The van der Waals surface area contributed by atoms with E-state index in [-0.39, 0.29) is 6.04 Å². The van der Waals surface area contributed by atoms with Gasteiger partial charge in [0, 0.05) is 49.1 Å². The van der Waals surface area contributed by atoms with Crippen molar-refractivity contribution in [2.45, 2.75) is 51.7 Å². The Morgan fingerprint density at radius 1 is 1.23 bits per heavy atom. The van der Waals surface area contributed by atoms with Gasteiger partial charge < -0.3 is 10.0 Å². The lowest BCUT2D eigenvalue weighted by atomic mass is 9.99. The molecule has 26 heavy (non-hydrogen) atoms. The Morgan fingerprint density at radius 2 is 2.12 bits per heavy atom. The number of hydrogen-bond acceptors (Lipinski definition) is 5. The lowest BCUT2D eigenvalue weighted by Gasteiger charge is -2.35. The molecule has 0 bridgehead atoms. The van der Waals surface area contributed by atoms with Crippen molar-refractivity contribution < 1.29 is 5.11 Å². The minimum Gasteiger partial charge on any atom is -0.508 e. The van der Waals surface area contributed by atoms with E-state index in [1.807, 2.05) is 12.3 Å². The molecule has 2 aliphatic heterocycles. The molecule has 1 N–H and O–H groups in total. The third-order valence-electron chi connectivity index (χ3n) is 5.66. The molecule has 1 unspecified atom stereocenters. The van der Waals surface area contributed by atoms with E-state index in [1.54, 1.807) is 6.07 Å². The number of fused-ring (bicyclic) bond motifs is 1. The summed E-state index contributed by atoms with van der Waals surface area (Å²) in [6.07, 6.45) is 6.53. The zero-order valence-electron chi connectivity index (χ0n) is 15.8. The van der Waals surface area contributed by atoms with E-state index in [4.69, 9.17) is 9.97 Å².